The van der Waals surface area contributed by atoms with E-state index in [-0.39, 0.29) is 24.3 Å². The van der Waals surface area contributed by atoms with E-state index < -0.39 is 5.97 Å². The molecule has 86 valence electrons. The number of hydrogen-bond donors (Lipinski definition) is 2. The first-order valence-electron chi connectivity index (χ1n) is 5.16. The Morgan fingerprint density at radius 2 is 2.33 bits per heavy atom. The van der Waals surface area contributed by atoms with Crippen molar-refractivity contribution in [1.82, 2.24) is 5.32 Å². The van der Waals surface area contributed by atoms with Crippen LogP contribution in [0, 0.1) is 5.92 Å². The maximum Gasteiger partial charge on any atom is 0.305 e. The van der Waals surface area contributed by atoms with E-state index in [0.29, 0.717) is 6.61 Å². The molecule has 2 atom stereocenters. The Labute approximate surface area is 88.8 Å². The van der Waals surface area contributed by atoms with E-state index in [0.717, 1.165) is 19.4 Å². The SMILES string of the molecule is CC(=O)N[C@@H](CC(=O)O)C1CCCOC1. The highest BCUT2D eigenvalue weighted by molar-refractivity contribution is 5.75. The molecule has 0 spiro atoms. The van der Waals surface area contributed by atoms with Gasteiger partial charge in [0.15, 0.2) is 0 Å². The molecule has 1 unspecified atom stereocenters. The number of rotatable bonds is 4. The molecule has 5 heteroatoms. The van der Waals surface area contributed by atoms with Crippen LogP contribution in [-0.4, -0.2) is 36.2 Å². The Hall–Kier alpha value is -1.10. The van der Waals surface area contributed by atoms with Crippen molar-refractivity contribution < 1.29 is 19.4 Å². The van der Waals surface area contributed by atoms with E-state index in [1.54, 1.807) is 0 Å². The Kier molecular flexibility index (Phi) is 4.55. The standard InChI is InChI=1S/C10H17NO4/c1-7(12)11-9(5-10(13)14)8-3-2-4-15-6-8/h8-9H,2-6H2,1H3,(H,11,12)(H,13,14)/t8?,9-/m0/s1. The number of carbonyl (C=O) groups is 2. The molecule has 1 aliphatic rings. The zero-order valence-electron chi connectivity index (χ0n) is 8.86. The molecule has 0 saturated carbocycles. The molecule has 0 radical (unpaired) electrons. The van der Waals surface area contributed by atoms with Crippen molar-refractivity contribution in [2.75, 3.05) is 13.2 Å². The highest BCUT2D eigenvalue weighted by Crippen LogP contribution is 2.19. The summed E-state index contributed by atoms with van der Waals surface area (Å²) in [6.07, 6.45) is 1.81. The van der Waals surface area contributed by atoms with Crippen LogP contribution in [0.3, 0.4) is 0 Å². The van der Waals surface area contributed by atoms with Gasteiger partial charge in [-0.2, -0.15) is 0 Å². The van der Waals surface area contributed by atoms with Crippen molar-refractivity contribution in [3.8, 4) is 0 Å². The molecule has 1 rings (SSSR count). The highest BCUT2D eigenvalue weighted by Gasteiger charge is 2.26. The number of carboxylic acids is 1. The van der Waals surface area contributed by atoms with E-state index in [1.165, 1.54) is 6.92 Å². The summed E-state index contributed by atoms with van der Waals surface area (Å²) in [5.41, 5.74) is 0. The van der Waals surface area contributed by atoms with Crippen LogP contribution in [0.2, 0.25) is 0 Å². The Morgan fingerprint density at radius 1 is 1.60 bits per heavy atom. The predicted octanol–water partition coefficient (Wildman–Crippen LogP) is 0.392. The van der Waals surface area contributed by atoms with Gasteiger partial charge in [-0.1, -0.05) is 0 Å². The number of aliphatic carboxylic acids is 1. The van der Waals surface area contributed by atoms with Crippen LogP contribution < -0.4 is 5.32 Å². The van der Waals surface area contributed by atoms with Crippen LogP contribution in [0.15, 0.2) is 0 Å². The number of hydrogen-bond acceptors (Lipinski definition) is 3. The van der Waals surface area contributed by atoms with Crippen molar-refractivity contribution in [2.45, 2.75) is 32.2 Å². The topological polar surface area (TPSA) is 75.6 Å². The van der Waals surface area contributed by atoms with Crippen LogP contribution in [0.4, 0.5) is 0 Å². The summed E-state index contributed by atoms with van der Waals surface area (Å²) in [6, 6.07) is -0.305. The molecule has 2 N–H and O–H groups in total. The highest BCUT2D eigenvalue weighted by atomic mass is 16.5. The van der Waals surface area contributed by atoms with E-state index in [2.05, 4.69) is 5.32 Å². The first-order chi connectivity index (χ1) is 7.09. The largest absolute Gasteiger partial charge is 0.481 e. The predicted molar refractivity (Wildman–Crippen MR) is 53.4 cm³/mol. The molecule has 0 bridgehead atoms. The van der Waals surface area contributed by atoms with Crippen LogP contribution >= 0.6 is 0 Å². The lowest BCUT2D eigenvalue weighted by atomic mass is 9.91. The second-order valence-electron chi connectivity index (χ2n) is 3.88. The summed E-state index contributed by atoms with van der Waals surface area (Å²) in [5, 5.41) is 11.4. The van der Waals surface area contributed by atoms with Gasteiger partial charge < -0.3 is 15.2 Å². The van der Waals surface area contributed by atoms with Gasteiger partial charge in [-0.25, -0.2) is 0 Å². The van der Waals surface area contributed by atoms with Gasteiger partial charge in [-0.3, -0.25) is 9.59 Å². The minimum Gasteiger partial charge on any atom is -0.481 e. The van der Waals surface area contributed by atoms with Crippen molar-refractivity contribution in [1.29, 1.82) is 0 Å². The van der Waals surface area contributed by atoms with Gasteiger partial charge in [0.25, 0.3) is 0 Å². The van der Waals surface area contributed by atoms with E-state index >= 15 is 0 Å². The maximum absolute atomic E-state index is 10.9. The van der Waals surface area contributed by atoms with Crippen LogP contribution in [0.25, 0.3) is 0 Å². The fraction of sp³-hybridized carbons (Fsp3) is 0.800. The monoisotopic (exact) mass is 215 g/mol. The van der Waals surface area contributed by atoms with Gasteiger partial charge in [0, 0.05) is 25.5 Å². The Bertz CT molecular complexity index is 220. The molecule has 1 fully saturated rings. The maximum atomic E-state index is 10.9. The number of carboxylic acid groups (broad SMARTS) is 1. The van der Waals surface area contributed by atoms with Crippen molar-refractivity contribution in [3.05, 3.63) is 0 Å². The minimum atomic E-state index is -0.890. The third-order valence-electron chi connectivity index (χ3n) is 2.55. The Balaban J connectivity index is 2.52. The number of amides is 1. The van der Waals surface area contributed by atoms with Crippen LogP contribution in [0.5, 0.6) is 0 Å². The smallest absolute Gasteiger partial charge is 0.305 e. The zero-order valence-corrected chi connectivity index (χ0v) is 8.86. The molecule has 5 nitrogen and oxygen atoms in total. The first-order valence-corrected chi connectivity index (χ1v) is 5.16. The van der Waals surface area contributed by atoms with Gasteiger partial charge in [0.1, 0.15) is 0 Å². The lowest BCUT2D eigenvalue weighted by molar-refractivity contribution is -0.138. The molecule has 1 saturated heterocycles. The summed E-state index contributed by atoms with van der Waals surface area (Å²) in [4.78, 5) is 21.6. The molecular formula is C10H17NO4. The molecule has 0 aromatic rings. The number of carbonyl (C=O) groups excluding carboxylic acids is 1. The van der Waals surface area contributed by atoms with Gasteiger partial charge in [-0.05, 0) is 12.8 Å². The average Bonchev–Trinajstić information content (AvgIpc) is 2.17. The quantitative estimate of drug-likeness (QED) is 0.711. The molecule has 0 aromatic carbocycles. The fourth-order valence-corrected chi connectivity index (χ4v) is 1.87. The van der Waals surface area contributed by atoms with E-state index in [1.807, 2.05) is 0 Å². The van der Waals surface area contributed by atoms with Gasteiger partial charge >= 0.3 is 5.97 Å². The van der Waals surface area contributed by atoms with Crippen molar-refractivity contribution in [2.24, 2.45) is 5.92 Å². The Morgan fingerprint density at radius 3 is 2.80 bits per heavy atom. The number of nitrogens with one attached hydrogen (secondary N) is 1. The molecular weight excluding hydrogens is 198 g/mol. The third kappa shape index (κ3) is 4.29. The fourth-order valence-electron chi connectivity index (χ4n) is 1.87. The van der Waals surface area contributed by atoms with Crippen molar-refractivity contribution in [3.63, 3.8) is 0 Å². The summed E-state index contributed by atoms with van der Waals surface area (Å²) in [6.45, 7) is 2.67. The second kappa shape index (κ2) is 5.70. The minimum absolute atomic E-state index is 0.0341. The third-order valence-corrected chi connectivity index (χ3v) is 2.55. The lowest BCUT2D eigenvalue weighted by Gasteiger charge is -2.29. The van der Waals surface area contributed by atoms with E-state index in [4.69, 9.17) is 9.84 Å². The summed E-state index contributed by atoms with van der Waals surface area (Å²) in [7, 11) is 0. The molecule has 1 heterocycles. The summed E-state index contributed by atoms with van der Waals surface area (Å²) < 4.78 is 5.28. The molecule has 1 aliphatic heterocycles. The molecule has 0 aromatic heterocycles. The molecule has 0 aliphatic carbocycles. The second-order valence-corrected chi connectivity index (χ2v) is 3.88. The lowest BCUT2D eigenvalue weighted by Crippen LogP contribution is -2.43. The van der Waals surface area contributed by atoms with Gasteiger partial charge in [-0.15, -0.1) is 0 Å². The normalized spacial score (nSPS) is 23.1. The summed E-state index contributed by atoms with van der Waals surface area (Å²) in [5.74, 6) is -0.954. The van der Waals surface area contributed by atoms with Gasteiger partial charge in [0.2, 0.25) is 5.91 Å². The van der Waals surface area contributed by atoms with Gasteiger partial charge in [0.05, 0.1) is 13.0 Å². The first kappa shape index (κ1) is 12.0. The number of ether oxygens (including phenoxy) is 1. The van der Waals surface area contributed by atoms with Crippen LogP contribution in [-0.2, 0) is 14.3 Å². The van der Waals surface area contributed by atoms with E-state index in [9.17, 15) is 9.59 Å². The molecule has 15 heavy (non-hydrogen) atoms. The zero-order chi connectivity index (χ0) is 11.3. The average molecular weight is 215 g/mol. The summed E-state index contributed by atoms with van der Waals surface area (Å²) >= 11 is 0. The van der Waals surface area contributed by atoms with Crippen molar-refractivity contribution >= 4 is 11.9 Å². The molecule has 1 amide bonds. The van der Waals surface area contributed by atoms with Crippen LogP contribution in [0.1, 0.15) is 26.2 Å².